The molecule has 0 aromatic heterocycles. The van der Waals surface area contributed by atoms with Crippen LogP contribution in [0.25, 0.3) is 0 Å². The van der Waals surface area contributed by atoms with Crippen molar-refractivity contribution in [2.75, 3.05) is 12.4 Å². The molecule has 0 aliphatic carbocycles. The van der Waals surface area contributed by atoms with Gasteiger partial charge in [0.2, 0.25) is 5.91 Å². The Morgan fingerprint density at radius 2 is 1.74 bits per heavy atom. The molecular weight excluding hydrogens is 347 g/mol. The predicted molar refractivity (Wildman–Crippen MR) is 103 cm³/mol. The lowest BCUT2D eigenvalue weighted by atomic mass is 10.1. The molecule has 0 aliphatic heterocycles. The van der Waals surface area contributed by atoms with E-state index >= 15 is 0 Å². The van der Waals surface area contributed by atoms with Gasteiger partial charge in [-0.25, -0.2) is 9.18 Å². The van der Waals surface area contributed by atoms with E-state index in [0.29, 0.717) is 17.8 Å². The Morgan fingerprint density at radius 1 is 1.07 bits per heavy atom. The molecule has 0 radical (unpaired) electrons. The van der Waals surface area contributed by atoms with E-state index in [1.165, 1.54) is 17.0 Å². The first-order valence-corrected chi connectivity index (χ1v) is 8.70. The van der Waals surface area contributed by atoms with Gasteiger partial charge in [0, 0.05) is 19.3 Å². The number of nitrogens with one attached hydrogen (secondary N) is 1. The lowest BCUT2D eigenvalue weighted by molar-refractivity contribution is -0.115. The summed E-state index contributed by atoms with van der Waals surface area (Å²) in [5.41, 5.74) is 1.52. The third-order valence-electron chi connectivity index (χ3n) is 3.59. The minimum atomic E-state index is -0.557. The molecule has 2 rings (SSSR count). The fourth-order valence-corrected chi connectivity index (χ4v) is 2.46. The molecule has 27 heavy (non-hydrogen) atoms. The fourth-order valence-electron chi connectivity index (χ4n) is 2.46. The number of amides is 2. The Kier molecular flexibility index (Phi) is 6.55. The number of hydrogen-bond acceptors (Lipinski definition) is 3. The number of rotatable bonds is 5. The highest BCUT2D eigenvalue weighted by atomic mass is 19.1. The molecule has 1 N–H and O–H groups in total. The molecule has 0 spiro atoms. The number of carbonyl (C=O) groups is 2. The summed E-state index contributed by atoms with van der Waals surface area (Å²) >= 11 is 0. The summed E-state index contributed by atoms with van der Waals surface area (Å²) in [6.07, 6.45) is -0.331. The van der Waals surface area contributed by atoms with E-state index in [0.717, 1.165) is 5.56 Å². The lowest BCUT2D eigenvalue weighted by Crippen LogP contribution is -2.33. The van der Waals surface area contributed by atoms with Crippen molar-refractivity contribution in [3.63, 3.8) is 0 Å². The minimum Gasteiger partial charge on any atom is -0.444 e. The topological polar surface area (TPSA) is 58.6 Å². The standard InChI is InChI=1S/C21H25FN2O3/c1-21(2,3)27-20(26)24(4)14-16-8-6-10-18(12-16)23-19(25)13-15-7-5-9-17(22)11-15/h5-12H,13-14H2,1-4H3,(H,23,25). The van der Waals surface area contributed by atoms with Crippen LogP contribution < -0.4 is 5.32 Å². The van der Waals surface area contributed by atoms with Crippen molar-refractivity contribution in [1.29, 1.82) is 0 Å². The molecule has 0 atom stereocenters. The number of carbonyl (C=O) groups excluding carboxylic acids is 2. The van der Waals surface area contributed by atoms with Gasteiger partial charge in [0.05, 0.1) is 6.42 Å². The molecular formula is C21H25FN2O3. The fraction of sp³-hybridized carbons (Fsp3) is 0.333. The van der Waals surface area contributed by atoms with E-state index in [-0.39, 0.29) is 18.1 Å². The van der Waals surface area contributed by atoms with E-state index in [4.69, 9.17) is 4.74 Å². The van der Waals surface area contributed by atoms with Crippen LogP contribution in [0, 0.1) is 5.82 Å². The Balaban J connectivity index is 1.96. The highest BCUT2D eigenvalue weighted by molar-refractivity contribution is 5.92. The maximum atomic E-state index is 13.2. The van der Waals surface area contributed by atoms with Crippen LogP contribution in [0.15, 0.2) is 48.5 Å². The second-order valence-electron chi connectivity index (χ2n) is 7.39. The molecule has 0 bridgehead atoms. The van der Waals surface area contributed by atoms with Gasteiger partial charge in [0.1, 0.15) is 11.4 Å². The van der Waals surface area contributed by atoms with Gasteiger partial charge in [-0.15, -0.1) is 0 Å². The van der Waals surface area contributed by atoms with Crippen LogP contribution in [-0.2, 0) is 22.5 Å². The first-order valence-electron chi connectivity index (χ1n) is 8.70. The highest BCUT2D eigenvalue weighted by Crippen LogP contribution is 2.15. The zero-order valence-electron chi connectivity index (χ0n) is 16.1. The van der Waals surface area contributed by atoms with E-state index in [9.17, 15) is 14.0 Å². The smallest absolute Gasteiger partial charge is 0.410 e. The average Bonchev–Trinajstić information content (AvgIpc) is 2.53. The van der Waals surface area contributed by atoms with E-state index in [1.807, 2.05) is 26.8 Å². The van der Waals surface area contributed by atoms with Crippen molar-refractivity contribution in [3.05, 3.63) is 65.5 Å². The van der Waals surface area contributed by atoms with Crippen molar-refractivity contribution in [2.45, 2.75) is 39.3 Å². The van der Waals surface area contributed by atoms with Gasteiger partial charge in [-0.1, -0.05) is 24.3 Å². The summed E-state index contributed by atoms with van der Waals surface area (Å²) in [4.78, 5) is 25.7. The van der Waals surface area contributed by atoms with E-state index < -0.39 is 11.7 Å². The molecule has 0 fully saturated rings. The minimum absolute atomic E-state index is 0.0831. The van der Waals surface area contributed by atoms with Gasteiger partial charge in [-0.05, 0) is 56.2 Å². The van der Waals surface area contributed by atoms with Crippen molar-refractivity contribution in [1.82, 2.24) is 4.90 Å². The molecule has 5 nitrogen and oxygen atoms in total. The van der Waals surface area contributed by atoms with Crippen LogP contribution in [0.2, 0.25) is 0 Å². The third-order valence-corrected chi connectivity index (χ3v) is 3.59. The zero-order valence-corrected chi connectivity index (χ0v) is 16.1. The second-order valence-corrected chi connectivity index (χ2v) is 7.39. The Hall–Kier alpha value is -2.89. The summed E-state index contributed by atoms with van der Waals surface area (Å²) in [6, 6.07) is 13.2. The molecule has 0 unspecified atom stereocenters. The molecule has 2 amide bonds. The normalized spacial score (nSPS) is 11.0. The molecule has 6 heteroatoms. The van der Waals surface area contributed by atoms with Crippen LogP contribution in [0.5, 0.6) is 0 Å². The molecule has 0 saturated carbocycles. The van der Waals surface area contributed by atoms with Crippen LogP contribution >= 0.6 is 0 Å². The molecule has 0 saturated heterocycles. The number of benzene rings is 2. The van der Waals surface area contributed by atoms with Crippen molar-refractivity contribution in [2.24, 2.45) is 0 Å². The Morgan fingerprint density at radius 3 is 2.41 bits per heavy atom. The predicted octanol–water partition coefficient (Wildman–Crippen LogP) is 4.37. The largest absolute Gasteiger partial charge is 0.444 e. The van der Waals surface area contributed by atoms with Crippen molar-refractivity contribution in [3.8, 4) is 0 Å². The first-order chi connectivity index (χ1) is 12.6. The zero-order chi connectivity index (χ0) is 20.0. The van der Waals surface area contributed by atoms with Crippen LogP contribution in [0.3, 0.4) is 0 Å². The van der Waals surface area contributed by atoms with Gasteiger partial charge < -0.3 is 15.0 Å². The number of halogens is 1. The van der Waals surface area contributed by atoms with Crippen molar-refractivity contribution >= 4 is 17.7 Å². The summed E-state index contributed by atoms with van der Waals surface area (Å²) in [7, 11) is 1.66. The van der Waals surface area contributed by atoms with Crippen LogP contribution in [0.4, 0.5) is 14.9 Å². The number of nitrogens with zero attached hydrogens (tertiary/aromatic N) is 1. The molecule has 0 heterocycles. The molecule has 144 valence electrons. The summed E-state index contributed by atoms with van der Waals surface area (Å²) in [6.45, 7) is 5.79. The maximum absolute atomic E-state index is 13.2. The summed E-state index contributed by atoms with van der Waals surface area (Å²) in [5.74, 6) is -0.606. The average molecular weight is 372 g/mol. The SMILES string of the molecule is CN(Cc1cccc(NC(=O)Cc2cccc(F)c2)c1)C(=O)OC(C)(C)C. The van der Waals surface area contributed by atoms with E-state index in [1.54, 1.807) is 37.4 Å². The highest BCUT2D eigenvalue weighted by Gasteiger charge is 2.19. The Bertz CT molecular complexity index is 815. The number of hydrogen-bond donors (Lipinski definition) is 1. The molecule has 2 aromatic rings. The van der Waals surface area contributed by atoms with E-state index in [2.05, 4.69) is 5.32 Å². The summed E-state index contributed by atoms with van der Waals surface area (Å²) in [5, 5.41) is 2.79. The molecule has 2 aromatic carbocycles. The molecule has 0 aliphatic rings. The van der Waals surface area contributed by atoms with Gasteiger partial charge >= 0.3 is 6.09 Å². The third kappa shape index (κ3) is 7.09. The second kappa shape index (κ2) is 8.66. The summed E-state index contributed by atoms with van der Waals surface area (Å²) < 4.78 is 18.5. The number of anilines is 1. The van der Waals surface area contributed by atoms with Gasteiger partial charge in [-0.2, -0.15) is 0 Å². The van der Waals surface area contributed by atoms with Gasteiger partial charge in [0.25, 0.3) is 0 Å². The van der Waals surface area contributed by atoms with Crippen LogP contribution in [0.1, 0.15) is 31.9 Å². The van der Waals surface area contributed by atoms with Crippen LogP contribution in [-0.4, -0.2) is 29.5 Å². The first kappa shape index (κ1) is 20.4. The van der Waals surface area contributed by atoms with Gasteiger partial charge in [-0.3, -0.25) is 4.79 Å². The Labute approximate surface area is 159 Å². The number of ether oxygens (including phenoxy) is 1. The lowest BCUT2D eigenvalue weighted by Gasteiger charge is -2.24. The van der Waals surface area contributed by atoms with Crippen molar-refractivity contribution < 1.29 is 18.7 Å². The van der Waals surface area contributed by atoms with Gasteiger partial charge in [0.15, 0.2) is 0 Å². The monoisotopic (exact) mass is 372 g/mol. The maximum Gasteiger partial charge on any atom is 0.410 e. The quantitative estimate of drug-likeness (QED) is 0.848.